The molecule has 0 aromatic rings. The van der Waals surface area contributed by atoms with Gasteiger partial charge in [0, 0.05) is 6.54 Å². The Bertz CT molecular complexity index is 448. The topological polar surface area (TPSA) is 77.1 Å². The Balaban J connectivity index is 1.92. The molecule has 0 spiro atoms. The third-order valence-electron chi connectivity index (χ3n) is 4.16. The number of cyclic esters (lactones) is 1. The Hall–Kier alpha value is -1.50. The number of likely N-dealkylation sites (tertiary alicyclic amines) is 1. The molecule has 7 nitrogen and oxygen atoms in total. The van der Waals surface area contributed by atoms with Crippen molar-refractivity contribution in [1.29, 1.82) is 0 Å². The minimum atomic E-state index is -0.506. The Morgan fingerprint density at radius 1 is 1.48 bits per heavy atom. The molecule has 2 heterocycles. The van der Waals surface area contributed by atoms with E-state index >= 15 is 0 Å². The smallest absolute Gasteiger partial charge is 0.410 e. The van der Waals surface area contributed by atoms with Gasteiger partial charge < -0.3 is 24.4 Å². The molecule has 0 aromatic heterocycles. The second-order valence-corrected chi connectivity index (χ2v) is 7.26. The molecule has 0 saturated carbocycles. The van der Waals surface area contributed by atoms with Crippen LogP contribution in [0.15, 0.2) is 0 Å². The lowest BCUT2D eigenvalue weighted by Gasteiger charge is -2.42. The van der Waals surface area contributed by atoms with Gasteiger partial charge in [0.25, 0.3) is 0 Å². The van der Waals surface area contributed by atoms with Crippen LogP contribution in [0.3, 0.4) is 0 Å². The fraction of sp³-hybridized carbons (Fsp3) is 0.875. The summed E-state index contributed by atoms with van der Waals surface area (Å²) in [5.74, 6) is 0. The van der Waals surface area contributed by atoms with Crippen molar-refractivity contribution < 1.29 is 23.8 Å². The van der Waals surface area contributed by atoms with Gasteiger partial charge in [0.15, 0.2) is 0 Å². The molecule has 2 unspecified atom stereocenters. The van der Waals surface area contributed by atoms with Crippen LogP contribution in [-0.4, -0.2) is 60.6 Å². The van der Waals surface area contributed by atoms with Crippen molar-refractivity contribution in [1.82, 2.24) is 10.2 Å². The molecule has 0 bridgehead atoms. The number of carbonyl (C=O) groups excluding carboxylic acids is 2. The number of piperidine rings is 1. The third-order valence-corrected chi connectivity index (χ3v) is 4.16. The number of hydrogen-bond donors (Lipinski definition) is 1. The Morgan fingerprint density at radius 2 is 2.22 bits per heavy atom. The maximum atomic E-state index is 12.3. The fourth-order valence-electron chi connectivity index (χ4n) is 2.88. The van der Waals surface area contributed by atoms with Gasteiger partial charge in [-0.3, -0.25) is 0 Å². The molecule has 23 heavy (non-hydrogen) atoms. The summed E-state index contributed by atoms with van der Waals surface area (Å²) in [4.78, 5) is 25.1. The van der Waals surface area contributed by atoms with Crippen molar-refractivity contribution in [3.63, 3.8) is 0 Å². The molecule has 2 fully saturated rings. The normalized spacial score (nSPS) is 28.3. The number of alkyl carbamates (subject to hydrolysis) is 1. The standard InChI is InChI=1S/C16H28N2O5/c1-5-16(21-10-12-9-17-13(19)22-12)7-6-8-18(11-16)14(20)23-15(2,3)4/h12H,5-11H2,1-4H3,(H,17,19). The Morgan fingerprint density at radius 3 is 2.78 bits per heavy atom. The number of amides is 2. The van der Waals surface area contributed by atoms with Gasteiger partial charge in [-0.25, -0.2) is 9.59 Å². The van der Waals surface area contributed by atoms with E-state index in [1.165, 1.54) is 0 Å². The first-order valence-corrected chi connectivity index (χ1v) is 8.29. The van der Waals surface area contributed by atoms with Crippen LogP contribution in [-0.2, 0) is 14.2 Å². The van der Waals surface area contributed by atoms with Crippen LogP contribution >= 0.6 is 0 Å². The highest BCUT2D eigenvalue weighted by Gasteiger charge is 2.39. The van der Waals surface area contributed by atoms with Gasteiger partial charge in [-0.2, -0.15) is 0 Å². The van der Waals surface area contributed by atoms with E-state index in [4.69, 9.17) is 14.2 Å². The van der Waals surface area contributed by atoms with Crippen LogP contribution in [0.2, 0.25) is 0 Å². The molecule has 0 aliphatic carbocycles. The average Bonchev–Trinajstić information content (AvgIpc) is 2.89. The first kappa shape index (κ1) is 17.8. The van der Waals surface area contributed by atoms with Gasteiger partial charge in [0.05, 0.1) is 25.3 Å². The van der Waals surface area contributed by atoms with Crippen molar-refractivity contribution >= 4 is 12.2 Å². The van der Waals surface area contributed by atoms with E-state index in [1.807, 2.05) is 20.8 Å². The molecule has 2 rings (SSSR count). The minimum Gasteiger partial charge on any atom is -0.444 e. The van der Waals surface area contributed by atoms with Crippen molar-refractivity contribution in [2.24, 2.45) is 0 Å². The monoisotopic (exact) mass is 328 g/mol. The highest BCUT2D eigenvalue weighted by atomic mass is 16.6. The first-order valence-electron chi connectivity index (χ1n) is 8.29. The molecular formula is C16H28N2O5. The van der Waals surface area contributed by atoms with Gasteiger partial charge in [0.2, 0.25) is 0 Å². The molecule has 0 radical (unpaired) electrons. The van der Waals surface area contributed by atoms with Gasteiger partial charge in [-0.15, -0.1) is 0 Å². The first-order chi connectivity index (χ1) is 10.7. The number of carbonyl (C=O) groups is 2. The van der Waals surface area contributed by atoms with E-state index in [9.17, 15) is 9.59 Å². The maximum Gasteiger partial charge on any atom is 0.410 e. The summed E-state index contributed by atoms with van der Waals surface area (Å²) >= 11 is 0. The van der Waals surface area contributed by atoms with Crippen LogP contribution in [0.1, 0.15) is 47.0 Å². The molecule has 7 heteroatoms. The largest absolute Gasteiger partial charge is 0.444 e. The summed E-state index contributed by atoms with van der Waals surface area (Å²) in [5, 5.41) is 2.61. The van der Waals surface area contributed by atoms with Crippen molar-refractivity contribution in [3.8, 4) is 0 Å². The summed E-state index contributed by atoms with van der Waals surface area (Å²) in [6.45, 7) is 9.63. The van der Waals surface area contributed by atoms with Crippen LogP contribution in [0.5, 0.6) is 0 Å². The Labute approximate surface area is 137 Å². The zero-order valence-electron chi connectivity index (χ0n) is 14.5. The molecule has 2 amide bonds. The Kier molecular flexibility index (Phi) is 5.39. The van der Waals surface area contributed by atoms with Crippen LogP contribution in [0, 0.1) is 0 Å². The summed E-state index contributed by atoms with van der Waals surface area (Å²) in [5.41, 5.74) is -0.905. The van der Waals surface area contributed by atoms with Crippen LogP contribution < -0.4 is 5.32 Å². The van der Waals surface area contributed by atoms with Crippen molar-refractivity contribution in [2.75, 3.05) is 26.2 Å². The molecule has 2 aliphatic rings. The molecule has 2 atom stereocenters. The van der Waals surface area contributed by atoms with Crippen LogP contribution in [0.4, 0.5) is 9.59 Å². The van der Waals surface area contributed by atoms with Gasteiger partial charge in [-0.05, 0) is 40.0 Å². The second kappa shape index (κ2) is 6.95. The van der Waals surface area contributed by atoms with Crippen molar-refractivity contribution in [3.05, 3.63) is 0 Å². The zero-order chi connectivity index (χ0) is 17.1. The number of rotatable bonds is 4. The zero-order valence-corrected chi connectivity index (χ0v) is 14.5. The highest BCUT2D eigenvalue weighted by Crippen LogP contribution is 2.30. The van der Waals surface area contributed by atoms with E-state index in [0.29, 0.717) is 26.2 Å². The van der Waals surface area contributed by atoms with Gasteiger partial charge in [-0.1, -0.05) is 6.92 Å². The summed E-state index contributed by atoms with van der Waals surface area (Å²) in [7, 11) is 0. The van der Waals surface area contributed by atoms with E-state index in [0.717, 1.165) is 19.3 Å². The quantitative estimate of drug-likeness (QED) is 0.857. The summed E-state index contributed by atoms with van der Waals surface area (Å²) in [6.07, 6.45) is 1.59. The van der Waals surface area contributed by atoms with Gasteiger partial charge >= 0.3 is 12.2 Å². The third kappa shape index (κ3) is 4.99. The van der Waals surface area contributed by atoms with Crippen LogP contribution in [0.25, 0.3) is 0 Å². The highest BCUT2D eigenvalue weighted by molar-refractivity contribution is 5.69. The SMILES string of the molecule is CCC1(OCC2CNC(=O)O2)CCCN(C(=O)OC(C)(C)C)C1. The van der Waals surface area contributed by atoms with E-state index < -0.39 is 17.3 Å². The fourth-order valence-corrected chi connectivity index (χ4v) is 2.88. The van der Waals surface area contributed by atoms with Crippen molar-refractivity contribution in [2.45, 2.75) is 64.3 Å². The predicted molar refractivity (Wildman–Crippen MR) is 84.3 cm³/mol. The molecule has 1 N–H and O–H groups in total. The maximum absolute atomic E-state index is 12.3. The molecular weight excluding hydrogens is 300 g/mol. The van der Waals surface area contributed by atoms with E-state index in [2.05, 4.69) is 12.2 Å². The molecule has 2 saturated heterocycles. The predicted octanol–water partition coefficient (Wildman–Crippen LogP) is 2.29. The lowest BCUT2D eigenvalue weighted by molar-refractivity contribution is -0.110. The number of nitrogens with zero attached hydrogens (tertiary/aromatic N) is 1. The number of ether oxygens (including phenoxy) is 3. The number of hydrogen-bond acceptors (Lipinski definition) is 5. The molecule has 132 valence electrons. The van der Waals surface area contributed by atoms with E-state index in [1.54, 1.807) is 4.90 Å². The number of nitrogens with one attached hydrogen (secondary N) is 1. The van der Waals surface area contributed by atoms with E-state index in [-0.39, 0.29) is 12.2 Å². The minimum absolute atomic E-state index is 0.261. The summed E-state index contributed by atoms with van der Waals surface area (Å²) in [6, 6.07) is 0. The average molecular weight is 328 g/mol. The molecule has 2 aliphatic heterocycles. The summed E-state index contributed by atoms with van der Waals surface area (Å²) < 4.78 is 16.7. The molecule has 0 aromatic carbocycles. The second-order valence-electron chi connectivity index (χ2n) is 7.26. The van der Waals surface area contributed by atoms with Gasteiger partial charge in [0.1, 0.15) is 11.7 Å². The lowest BCUT2D eigenvalue weighted by Crippen LogP contribution is -2.53. The lowest BCUT2D eigenvalue weighted by atomic mass is 9.90.